The first-order chi connectivity index (χ1) is 9.62. The number of hydrogen-bond acceptors (Lipinski definition) is 2. The van der Waals surface area contributed by atoms with Crippen LogP contribution in [0.3, 0.4) is 0 Å². The van der Waals surface area contributed by atoms with Crippen molar-refractivity contribution in [1.29, 1.82) is 0 Å². The zero-order valence-corrected chi connectivity index (χ0v) is 15.0. The van der Waals surface area contributed by atoms with Gasteiger partial charge in [-0.1, -0.05) is 58.0 Å². The third-order valence-electron chi connectivity index (χ3n) is 2.73. The van der Waals surface area contributed by atoms with Crippen LogP contribution in [0.25, 0.3) is 11.1 Å². The summed E-state index contributed by atoms with van der Waals surface area (Å²) in [5, 5.41) is 1.04. The molecule has 0 aromatic heterocycles. The lowest BCUT2D eigenvalue weighted by molar-refractivity contribution is 0.602. The number of sulfone groups is 1. The highest BCUT2D eigenvalue weighted by molar-refractivity contribution is 7.90. The molecular formula is C13H7Cl5O2S. The van der Waals surface area contributed by atoms with Gasteiger partial charge in [0.2, 0.25) is 0 Å². The van der Waals surface area contributed by atoms with Crippen molar-refractivity contribution in [2.24, 2.45) is 0 Å². The van der Waals surface area contributed by atoms with Crippen molar-refractivity contribution >= 4 is 67.8 Å². The number of rotatable bonds is 2. The fraction of sp³-hybridized carbons (Fsp3) is 0.0769. The molecule has 0 aliphatic rings. The molecule has 0 heterocycles. The molecule has 0 saturated heterocycles. The lowest BCUT2D eigenvalue weighted by atomic mass is 10.1. The van der Waals surface area contributed by atoms with E-state index in [9.17, 15) is 8.42 Å². The Balaban J connectivity index is 2.79. The van der Waals surface area contributed by atoms with Gasteiger partial charge < -0.3 is 0 Å². The van der Waals surface area contributed by atoms with Gasteiger partial charge in [-0.05, 0) is 24.3 Å². The van der Waals surface area contributed by atoms with Crippen LogP contribution in [-0.4, -0.2) is 14.7 Å². The van der Waals surface area contributed by atoms with Crippen LogP contribution < -0.4 is 0 Å². The monoisotopic (exact) mass is 402 g/mol. The Morgan fingerprint density at radius 1 is 0.810 bits per heavy atom. The van der Waals surface area contributed by atoms with E-state index in [0.29, 0.717) is 21.2 Å². The molecule has 0 radical (unpaired) electrons. The molecule has 2 nitrogen and oxygen atoms in total. The van der Waals surface area contributed by atoms with E-state index in [1.807, 2.05) is 0 Å². The highest BCUT2D eigenvalue weighted by atomic mass is 35.5. The minimum absolute atomic E-state index is 0.0315. The highest BCUT2D eigenvalue weighted by Crippen LogP contribution is 2.43. The second-order valence-electron chi connectivity index (χ2n) is 4.25. The molecular weight excluding hydrogens is 397 g/mol. The lowest BCUT2D eigenvalue weighted by Crippen LogP contribution is -1.99. The van der Waals surface area contributed by atoms with Crippen LogP contribution in [0.4, 0.5) is 0 Å². The lowest BCUT2D eigenvalue weighted by Gasteiger charge is -2.12. The second-order valence-corrected chi connectivity index (χ2v) is 8.24. The van der Waals surface area contributed by atoms with Gasteiger partial charge in [0, 0.05) is 22.4 Å². The van der Waals surface area contributed by atoms with Gasteiger partial charge in [-0.3, -0.25) is 0 Å². The maximum Gasteiger partial charge on any atom is 0.177 e. The summed E-state index contributed by atoms with van der Waals surface area (Å²) in [6.07, 6.45) is 1.05. The van der Waals surface area contributed by atoms with Gasteiger partial charge in [0.25, 0.3) is 0 Å². The first kappa shape index (κ1) is 17.2. The van der Waals surface area contributed by atoms with E-state index in [0.717, 1.165) is 6.26 Å². The van der Waals surface area contributed by atoms with E-state index in [4.69, 9.17) is 58.0 Å². The largest absolute Gasteiger partial charge is 0.224 e. The van der Waals surface area contributed by atoms with Crippen LogP contribution in [0.5, 0.6) is 0 Å². The molecule has 0 fully saturated rings. The van der Waals surface area contributed by atoms with Crippen molar-refractivity contribution in [3.8, 4) is 11.1 Å². The molecule has 0 aliphatic carbocycles. The van der Waals surface area contributed by atoms with Crippen molar-refractivity contribution in [2.45, 2.75) is 4.90 Å². The number of benzene rings is 2. The fourth-order valence-corrected chi connectivity index (χ4v) is 4.16. The van der Waals surface area contributed by atoms with E-state index < -0.39 is 9.84 Å². The Morgan fingerprint density at radius 3 is 1.95 bits per heavy atom. The van der Waals surface area contributed by atoms with Gasteiger partial charge in [0.15, 0.2) is 9.84 Å². The minimum Gasteiger partial charge on any atom is -0.224 e. The predicted octanol–water partition coefficient (Wildman–Crippen LogP) is 6.02. The van der Waals surface area contributed by atoms with Crippen LogP contribution >= 0.6 is 58.0 Å². The molecule has 0 atom stereocenters. The van der Waals surface area contributed by atoms with Crippen LogP contribution in [0.1, 0.15) is 0 Å². The van der Waals surface area contributed by atoms with E-state index in [-0.39, 0.29) is 20.0 Å². The Morgan fingerprint density at radius 2 is 1.38 bits per heavy atom. The zero-order valence-electron chi connectivity index (χ0n) is 10.4. The molecule has 0 N–H and O–H groups in total. The van der Waals surface area contributed by atoms with Crippen molar-refractivity contribution in [1.82, 2.24) is 0 Å². The Labute approximate surface area is 147 Å². The molecule has 21 heavy (non-hydrogen) atoms. The maximum atomic E-state index is 11.6. The average Bonchev–Trinajstić information content (AvgIpc) is 2.36. The van der Waals surface area contributed by atoms with Gasteiger partial charge in [-0.25, -0.2) is 8.42 Å². The van der Waals surface area contributed by atoms with Crippen molar-refractivity contribution < 1.29 is 8.42 Å². The zero-order chi connectivity index (χ0) is 15.9. The first-order valence-electron chi connectivity index (χ1n) is 5.46. The SMILES string of the molecule is CS(=O)(=O)c1cc(Cl)c(-c2c(Cl)ccc(Cl)c2Cl)cc1Cl. The van der Waals surface area contributed by atoms with Crippen LogP contribution in [0.2, 0.25) is 25.1 Å². The summed E-state index contributed by atoms with van der Waals surface area (Å²) >= 11 is 30.4. The molecule has 0 bridgehead atoms. The Hall–Kier alpha value is -0.160. The number of halogens is 5. The third-order valence-corrected chi connectivity index (χ3v) is 5.73. The quantitative estimate of drug-likeness (QED) is 0.573. The summed E-state index contributed by atoms with van der Waals surface area (Å²) in [5.74, 6) is 0. The van der Waals surface area contributed by atoms with Gasteiger partial charge in [0.05, 0.1) is 25.0 Å². The summed E-state index contributed by atoms with van der Waals surface area (Å²) in [5.41, 5.74) is 0.810. The Kier molecular flexibility index (Phi) is 5.04. The molecule has 0 spiro atoms. The van der Waals surface area contributed by atoms with Gasteiger partial charge in [-0.2, -0.15) is 0 Å². The molecule has 0 amide bonds. The standard InChI is InChI=1S/C13H7Cl5O2S/c1-21(19,20)11-5-9(16)6(4-10(11)17)12-7(14)2-3-8(15)13(12)18/h2-5H,1H3. The summed E-state index contributed by atoms with van der Waals surface area (Å²) in [4.78, 5) is -0.0628. The molecule has 0 aliphatic heterocycles. The van der Waals surface area contributed by atoms with E-state index >= 15 is 0 Å². The Bertz CT molecular complexity index is 831. The first-order valence-corrected chi connectivity index (χ1v) is 9.24. The topological polar surface area (TPSA) is 34.1 Å². The van der Waals surface area contributed by atoms with E-state index in [1.165, 1.54) is 12.1 Å². The third kappa shape index (κ3) is 3.44. The summed E-state index contributed by atoms with van der Waals surface area (Å²) < 4.78 is 23.3. The smallest absolute Gasteiger partial charge is 0.177 e. The van der Waals surface area contributed by atoms with Crippen molar-refractivity contribution in [2.75, 3.05) is 6.26 Å². The van der Waals surface area contributed by atoms with Crippen molar-refractivity contribution in [3.63, 3.8) is 0 Å². The van der Waals surface area contributed by atoms with Gasteiger partial charge in [0.1, 0.15) is 0 Å². The second kappa shape index (κ2) is 6.15. The van der Waals surface area contributed by atoms with Gasteiger partial charge in [-0.15, -0.1) is 0 Å². The highest BCUT2D eigenvalue weighted by Gasteiger charge is 2.20. The molecule has 2 aromatic rings. The van der Waals surface area contributed by atoms with E-state index in [1.54, 1.807) is 12.1 Å². The predicted molar refractivity (Wildman–Crippen MR) is 90.0 cm³/mol. The molecule has 8 heteroatoms. The van der Waals surface area contributed by atoms with Crippen molar-refractivity contribution in [3.05, 3.63) is 49.4 Å². The summed E-state index contributed by atoms with van der Waals surface area (Å²) in [6, 6.07) is 5.79. The molecule has 0 saturated carbocycles. The van der Waals surface area contributed by atoms with Crippen LogP contribution in [0.15, 0.2) is 29.2 Å². The normalized spacial score (nSPS) is 11.7. The maximum absolute atomic E-state index is 11.6. The molecule has 2 aromatic carbocycles. The average molecular weight is 405 g/mol. The molecule has 2 rings (SSSR count). The fourth-order valence-electron chi connectivity index (χ4n) is 1.78. The number of hydrogen-bond donors (Lipinski definition) is 0. The molecule has 0 unspecified atom stereocenters. The minimum atomic E-state index is -3.49. The van der Waals surface area contributed by atoms with Gasteiger partial charge >= 0.3 is 0 Å². The van der Waals surface area contributed by atoms with Crippen LogP contribution in [-0.2, 0) is 9.84 Å². The van der Waals surface area contributed by atoms with Crippen LogP contribution in [0, 0.1) is 0 Å². The van der Waals surface area contributed by atoms with E-state index in [2.05, 4.69) is 0 Å². The summed E-state index contributed by atoms with van der Waals surface area (Å²) in [7, 11) is -3.49. The molecule has 112 valence electrons. The summed E-state index contributed by atoms with van der Waals surface area (Å²) in [6.45, 7) is 0.